The molecule has 0 aliphatic carbocycles. The first kappa shape index (κ1) is 10.5. The molecule has 1 aromatic carbocycles. The summed E-state index contributed by atoms with van der Waals surface area (Å²) in [6, 6.07) is 4.58. The highest BCUT2D eigenvalue weighted by atomic mass is 32.2. The summed E-state index contributed by atoms with van der Waals surface area (Å²) >= 11 is 1.96. The fourth-order valence-electron chi connectivity index (χ4n) is 2.32. The van der Waals surface area contributed by atoms with Crippen molar-refractivity contribution in [3.05, 3.63) is 23.3 Å². The van der Waals surface area contributed by atoms with Crippen LogP contribution in [0, 0.1) is 0 Å². The number of hydrogen-bond donors (Lipinski definition) is 1. The second-order valence-corrected chi connectivity index (χ2v) is 5.58. The van der Waals surface area contributed by atoms with Crippen molar-refractivity contribution in [2.45, 2.75) is 37.3 Å². The zero-order chi connectivity index (χ0) is 11.0. The molecule has 0 spiro atoms. The summed E-state index contributed by atoms with van der Waals surface area (Å²) < 4.78 is 6.06. The van der Waals surface area contributed by atoms with Crippen LogP contribution in [0.5, 0.6) is 5.75 Å². The molecule has 0 fully saturated rings. The maximum Gasteiger partial charge on any atom is 0.125 e. The van der Waals surface area contributed by atoms with Crippen LogP contribution in [0.3, 0.4) is 0 Å². The van der Waals surface area contributed by atoms with Crippen LogP contribution >= 0.6 is 11.8 Å². The molecule has 2 nitrogen and oxygen atoms in total. The Morgan fingerprint density at radius 1 is 1.44 bits per heavy atom. The van der Waals surface area contributed by atoms with E-state index in [1.807, 2.05) is 11.8 Å². The fourth-order valence-corrected chi connectivity index (χ4v) is 3.40. The maximum absolute atomic E-state index is 6.06. The van der Waals surface area contributed by atoms with E-state index >= 15 is 0 Å². The van der Waals surface area contributed by atoms with Gasteiger partial charge in [-0.1, -0.05) is 6.92 Å². The van der Waals surface area contributed by atoms with E-state index in [1.54, 1.807) is 0 Å². The molecular formula is C13H17NOS. The number of aryl methyl sites for hydroxylation is 1. The van der Waals surface area contributed by atoms with Crippen LogP contribution in [-0.4, -0.2) is 18.4 Å². The monoisotopic (exact) mass is 235 g/mol. The first-order valence-electron chi connectivity index (χ1n) is 6.03. The molecule has 1 N–H and O–H groups in total. The first-order valence-corrected chi connectivity index (χ1v) is 7.01. The van der Waals surface area contributed by atoms with Crippen LogP contribution in [0.15, 0.2) is 17.0 Å². The lowest BCUT2D eigenvalue weighted by molar-refractivity contribution is 0.201. The van der Waals surface area contributed by atoms with E-state index in [4.69, 9.17) is 4.74 Å². The Morgan fingerprint density at radius 3 is 3.25 bits per heavy atom. The average Bonchev–Trinajstić information content (AvgIpc) is 2.64. The summed E-state index contributed by atoms with van der Waals surface area (Å²) in [6.07, 6.45) is 2.60. The lowest BCUT2D eigenvalue weighted by Crippen LogP contribution is -2.27. The van der Waals surface area contributed by atoms with Crippen LogP contribution in [0.1, 0.15) is 24.5 Å². The largest absolute Gasteiger partial charge is 0.489 e. The van der Waals surface area contributed by atoms with Crippen molar-refractivity contribution in [3.63, 3.8) is 0 Å². The summed E-state index contributed by atoms with van der Waals surface area (Å²) in [7, 11) is 0. The van der Waals surface area contributed by atoms with Crippen molar-refractivity contribution < 1.29 is 4.74 Å². The van der Waals surface area contributed by atoms with Crippen molar-refractivity contribution in [1.82, 2.24) is 5.32 Å². The second-order valence-electron chi connectivity index (χ2n) is 4.45. The highest BCUT2D eigenvalue weighted by Crippen LogP contribution is 2.37. The number of ether oxygens (including phenoxy) is 1. The number of fused-ring (bicyclic) bond motifs is 2. The quantitative estimate of drug-likeness (QED) is 0.808. The minimum Gasteiger partial charge on any atom is -0.489 e. The predicted octanol–water partition coefficient (Wildman–Crippen LogP) is 2.60. The lowest BCUT2D eigenvalue weighted by Gasteiger charge is -2.15. The SMILES string of the molecule is CC[C@@H]1CNCc2cc3c(cc2O1)SCC3. The van der Waals surface area contributed by atoms with Gasteiger partial charge in [-0.3, -0.25) is 0 Å². The molecule has 86 valence electrons. The minimum atomic E-state index is 0.325. The zero-order valence-corrected chi connectivity index (χ0v) is 10.4. The average molecular weight is 235 g/mol. The topological polar surface area (TPSA) is 21.3 Å². The van der Waals surface area contributed by atoms with E-state index in [-0.39, 0.29) is 0 Å². The Morgan fingerprint density at radius 2 is 2.38 bits per heavy atom. The molecule has 2 aliphatic rings. The molecule has 0 saturated heterocycles. The molecule has 3 heteroatoms. The number of thioether (sulfide) groups is 1. The summed E-state index contributed by atoms with van der Waals surface area (Å²) in [6.45, 7) is 4.09. The molecule has 0 aromatic heterocycles. The minimum absolute atomic E-state index is 0.325. The number of rotatable bonds is 1. The molecular weight excluding hydrogens is 218 g/mol. The number of benzene rings is 1. The molecule has 0 amide bonds. The Hall–Kier alpha value is -0.670. The van der Waals surface area contributed by atoms with Crippen molar-refractivity contribution in [2.75, 3.05) is 12.3 Å². The van der Waals surface area contributed by atoms with Gasteiger partial charge in [-0.05, 0) is 30.5 Å². The predicted molar refractivity (Wildman–Crippen MR) is 67.3 cm³/mol. The molecule has 16 heavy (non-hydrogen) atoms. The van der Waals surface area contributed by atoms with Crippen molar-refractivity contribution >= 4 is 11.8 Å². The van der Waals surface area contributed by atoms with Gasteiger partial charge in [-0.2, -0.15) is 0 Å². The summed E-state index contributed by atoms with van der Waals surface area (Å²) in [4.78, 5) is 1.43. The molecule has 3 rings (SSSR count). The zero-order valence-electron chi connectivity index (χ0n) is 9.58. The summed E-state index contributed by atoms with van der Waals surface area (Å²) in [5.41, 5.74) is 2.83. The van der Waals surface area contributed by atoms with Crippen molar-refractivity contribution in [1.29, 1.82) is 0 Å². The van der Waals surface area contributed by atoms with Gasteiger partial charge in [0.05, 0.1) is 0 Å². The summed E-state index contributed by atoms with van der Waals surface area (Å²) in [5, 5.41) is 3.46. The van der Waals surface area contributed by atoms with E-state index < -0.39 is 0 Å². The Kier molecular flexibility index (Phi) is 2.82. The van der Waals surface area contributed by atoms with Gasteiger partial charge in [0.1, 0.15) is 11.9 Å². The maximum atomic E-state index is 6.06. The van der Waals surface area contributed by atoms with Gasteiger partial charge in [0.25, 0.3) is 0 Å². The number of nitrogens with one attached hydrogen (secondary N) is 1. The highest BCUT2D eigenvalue weighted by molar-refractivity contribution is 7.99. The van der Waals surface area contributed by atoms with Crippen molar-refractivity contribution in [2.24, 2.45) is 0 Å². The molecule has 2 aliphatic heterocycles. The first-order chi connectivity index (χ1) is 7.86. The van der Waals surface area contributed by atoms with Gasteiger partial charge in [0.15, 0.2) is 0 Å². The molecule has 0 saturated carbocycles. The van der Waals surface area contributed by atoms with Crippen LogP contribution in [-0.2, 0) is 13.0 Å². The van der Waals surface area contributed by atoms with Crippen LogP contribution in [0.25, 0.3) is 0 Å². The van der Waals surface area contributed by atoms with Gasteiger partial charge >= 0.3 is 0 Å². The second kappa shape index (κ2) is 4.30. The Bertz CT molecular complexity index is 405. The van der Waals surface area contributed by atoms with E-state index in [1.165, 1.54) is 28.2 Å². The Balaban J connectivity index is 1.97. The third-order valence-electron chi connectivity index (χ3n) is 3.31. The Labute approximate surface area is 101 Å². The molecule has 1 aromatic rings. The van der Waals surface area contributed by atoms with Crippen LogP contribution < -0.4 is 10.1 Å². The standard InChI is InChI=1S/C13H17NOS/c1-2-11-8-14-7-10-5-9-3-4-16-13(9)6-12(10)15-11/h5-6,11,14H,2-4,7-8H2,1H3/t11-/m1/s1. The van der Waals surface area contributed by atoms with Gasteiger partial charge in [-0.15, -0.1) is 11.8 Å². The fraction of sp³-hybridized carbons (Fsp3) is 0.538. The van der Waals surface area contributed by atoms with E-state index in [0.717, 1.165) is 25.3 Å². The van der Waals surface area contributed by atoms with E-state index in [0.29, 0.717) is 6.10 Å². The van der Waals surface area contributed by atoms with E-state index in [9.17, 15) is 0 Å². The molecule has 2 heterocycles. The third-order valence-corrected chi connectivity index (χ3v) is 4.41. The third kappa shape index (κ3) is 1.82. The molecule has 0 radical (unpaired) electrons. The smallest absolute Gasteiger partial charge is 0.125 e. The van der Waals surface area contributed by atoms with Crippen molar-refractivity contribution in [3.8, 4) is 5.75 Å². The molecule has 0 bridgehead atoms. The highest BCUT2D eigenvalue weighted by Gasteiger charge is 2.20. The molecule has 0 unspecified atom stereocenters. The van der Waals surface area contributed by atoms with Gasteiger partial charge in [0.2, 0.25) is 0 Å². The van der Waals surface area contributed by atoms with Gasteiger partial charge < -0.3 is 10.1 Å². The summed E-state index contributed by atoms with van der Waals surface area (Å²) in [5.74, 6) is 2.33. The number of hydrogen-bond acceptors (Lipinski definition) is 3. The van der Waals surface area contributed by atoms with Crippen LogP contribution in [0.2, 0.25) is 0 Å². The van der Waals surface area contributed by atoms with Crippen LogP contribution in [0.4, 0.5) is 0 Å². The van der Waals surface area contributed by atoms with Gasteiger partial charge in [-0.25, -0.2) is 0 Å². The van der Waals surface area contributed by atoms with Gasteiger partial charge in [0, 0.05) is 29.3 Å². The van der Waals surface area contributed by atoms with E-state index in [2.05, 4.69) is 24.4 Å². The normalized spacial score (nSPS) is 23.2. The molecule has 1 atom stereocenters. The lowest BCUT2D eigenvalue weighted by atomic mass is 10.1.